The van der Waals surface area contributed by atoms with E-state index in [1.807, 2.05) is 29.2 Å². The summed E-state index contributed by atoms with van der Waals surface area (Å²) in [6.07, 6.45) is 3.41. The molecule has 2 bridgehead atoms. The summed E-state index contributed by atoms with van der Waals surface area (Å²) in [4.78, 5) is 42.0. The van der Waals surface area contributed by atoms with Crippen LogP contribution >= 0.6 is 0 Å². The first-order valence-corrected chi connectivity index (χ1v) is 11.8. The number of nitrogens with two attached hydrogens (primary N) is 1. The number of piperidine rings is 1. The molecule has 1 saturated heterocycles. The summed E-state index contributed by atoms with van der Waals surface area (Å²) in [5, 5.41) is 4.40. The normalized spacial score (nSPS) is 20.9. The third-order valence-corrected chi connectivity index (χ3v) is 7.36. The van der Waals surface area contributed by atoms with Gasteiger partial charge in [0.25, 0.3) is 11.8 Å². The zero-order valence-electron chi connectivity index (χ0n) is 19.3. The van der Waals surface area contributed by atoms with E-state index in [1.54, 1.807) is 36.3 Å². The smallest absolute Gasteiger partial charge is 0.277 e. The lowest BCUT2D eigenvalue weighted by molar-refractivity contribution is -0.121. The van der Waals surface area contributed by atoms with Gasteiger partial charge in [-0.3, -0.25) is 14.4 Å². The lowest BCUT2D eigenvalue weighted by Crippen LogP contribution is -2.39. The zero-order chi connectivity index (χ0) is 24.3. The molecule has 3 amide bonds. The number of hydrogen-bond acceptors (Lipinski definition) is 5. The van der Waals surface area contributed by atoms with Crippen molar-refractivity contribution in [1.29, 1.82) is 0 Å². The van der Waals surface area contributed by atoms with Gasteiger partial charge in [0.2, 0.25) is 5.91 Å². The number of rotatable bonds is 5. The van der Waals surface area contributed by atoms with E-state index in [9.17, 15) is 14.4 Å². The van der Waals surface area contributed by atoms with Crippen molar-refractivity contribution < 1.29 is 19.1 Å². The Morgan fingerprint density at radius 1 is 1.00 bits per heavy atom. The quantitative estimate of drug-likeness (QED) is 0.615. The fourth-order valence-electron chi connectivity index (χ4n) is 5.64. The van der Waals surface area contributed by atoms with Gasteiger partial charge in [-0.05, 0) is 74.2 Å². The van der Waals surface area contributed by atoms with Crippen LogP contribution in [-0.2, 0) is 11.2 Å². The number of carbonyl (C=O) groups excluding carboxylic acids is 3. The highest BCUT2D eigenvalue weighted by molar-refractivity contribution is 6.09. The number of anilines is 2. The van der Waals surface area contributed by atoms with E-state index in [-0.39, 0.29) is 29.5 Å². The SMILES string of the molecule is COc1ccc(-n2nc(C(N)=O)c3c2C(=O)N(c2ccc(N4C(=O)C5CCC4C5)cc2)CC3)cc1. The monoisotopic (exact) mass is 471 g/mol. The molecular formula is C26H25N5O4. The third-order valence-electron chi connectivity index (χ3n) is 7.36. The summed E-state index contributed by atoms with van der Waals surface area (Å²) in [6, 6.07) is 14.9. The maximum atomic E-state index is 13.7. The maximum absolute atomic E-state index is 13.7. The van der Waals surface area contributed by atoms with Crippen LogP contribution in [-0.4, -0.2) is 47.2 Å². The van der Waals surface area contributed by atoms with Crippen molar-refractivity contribution >= 4 is 29.1 Å². The lowest BCUT2D eigenvalue weighted by Gasteiger charge is -2.30. The Morgan fingerprint density at radius 2 is 1.69 bits per heavy atom. The van der Waals surface area contributed by atoms with Crippen LogP contribution in [0, 0.1) is 5.92 Å². The van der Waals surface area contributed by atoms with Gasteiger partial charge in [0.05, 0.1) is 12.8 Å². The van der Waals surface area contributed by atoms with Crippen molar-refractivity contribution in [2.24, 2.45) is 11.7 Å². The number of amides is 3. The molecule has 9 nitrogen and oxygen atoms in total. The summed E-state index contributed by atoms with van der Waals surface area (Å²) in [6.45, 7) is 0.396. The minimum Gasteiger partial charge on any atom is -0.497 e. The Bertz CT molecular complexity index is 1350. The van der Waals surface area contributed by atoms with Crippen molar-refractivity contribution in [2.75, 3.05) is 23.5 Å². The molecule has 2 aromatic carbocycles. The van der Waals surface area contributed by atoms with Crippen molar-refractivity contribution in [3.05, 3.63) is 65.5 Å². The van der Waals surface area contributed by atoms with Gasteiger partial charge in [-0.1, -0.05) is 0 Å². The van der Waals surface area contributed by atoms with E-state index >= 15 is 0 Å². The van der Waals surface area contributed by atoms with Crippen LogP contribution in [0.4, 0.5) is 11.4 Å². The fraction of sp³-hybridized carbons (Fsp3) is 0.308. The van der Waals surface area contributed by atoms with Crippen molar-refractivity contribution in [1.82, 2.24) is 9.78 Å². The summed E-state index contributed by atoms with van der Waals surface area (Å²) in [5.41, 5.74) is 8.81. The fourth-order valence-corrected chi connectivity index (χ4v) is 5.64. The molecule has 3 aliphatic rings. The molecule has 35 heavy (non-hydrogen) atoms. The standard InChI is InChI=1S/C26H25N5O4/c1-35-20-10-8-18(9-11-20)31-23-21(22(28-31)24(27)32)12-13-29(26(23)34)16-4-6-17(7-5-16)30-19-3-2-15(14-19)25(30)33/h4-11,15,19H,2-3,12-14H2,1H3,(H2,27,32). The number of hydrogen-bond donors (Lipinski definition) is 1. The van der Waals surface area contributed by atoms with Gasteiger partial charge in [-0.25, -0.2) is 4.68 Å². The van der Waals surface area contributed by atoms with Gasteiger partial charge >= 0.3 is 0 Å². The first kappa shape index (κ1) is 21.4. The minimum absolute atomic E-state index is 0.113. The number of fused-ring (bicyclic) bond motifs is 3. The number of nitrogens with zero attached hydrogens (tertiary/aromatic N) is 4. The average molecular weight is 472 g/mol. The number of ether oxygens (including phenoxy) is 1. The van der Waals surface area contributed by atoms with Crippen LogP contribution < -0.4 is 20.3 Å². The highest BCUT2D eigenvalue weighted by atomic mass is 16.5. The summed E-state index contributed by atoms with van der Waals surface area (Å²) in [5.74, 6) is 0.104. The van der Waals surface area contributed by atoms with Crippen LogP contribution in [0.1, 0.15) is 45.8 Å². The minimum atomic E-state index is -0.663. The second-order valence-corrected chi connectivity index (χ2v) is 9.25. The lowest BCUT2D eigenvalue weighted by atomic mass is 10.0. The van der Waals surface area contributed by atoms with Gasteiger partial charge in [-0.2, -0.15) is 5.10 Å². The van der Waals surface area contributed by atoms with E-state index in [0.717, 1.165) is 30.6 Å². The van der Waals surface area contributed by atoms with E-state index < -0.39 is 5.91 Å². The van der Waals surface area contributed by atoms with Crippen LogP contribution in [0.15, 0.2) is 48.5 Å². The van der Waals surface area contributed by atoms with Crippen LogP contribution in [0.25, 0.3) is 5.69 Å². The van der Waals surface area contributed by atoms with Crippen molar-refractivity contribution in [3.63, 3.8) is 0 Å². The predicted octanol–water partition coefficient (Wildman–Crippen LogP) is 2.70. The Morgan fingerprint density at radius 3 is 2.31 bits per heavy atom. The molecule has 2 unspecified atom stereocenters. The Balaban J connectivity index is 1.34. The zero-order valence-corrected chi connectivity index (χ0v) is 19.3. The molecule has 2 atom stereocenters. The molecule has 1 aliphatic carbocycles. The predicted molar refractivity (Wildman–Crippen MR) is 129 cm³/mol. The molecule has 0 radical (unpaired) electrons. The number of methoxy groups -OCH3 is 1. The molecule has 178 valence electrons. The van der Waals surface area contributed by atoms with Gasteiger partial charge < -0.3 is 20.3 Å². The molecule has 2 aliphatic heterocycles. The second-order valence-electron chi connectivity index (χ2n) is 9.25. The second kappa shape index (κ2) is 7.97. The van der Waals surface area contributed by atoms with E-state index in [1.165, 1.54) is 4.68 Å². The average Bonchev–Trinajstić information content (AvgIpc) is 3.58. The van der Waals surface area contributed by atoms with Crippen LogP contribution in [0.3, 0.4) is 0 Å². The largest absolute Gasteiger partial charge is 0.497 e. The molecule has 1 aromatic heterocycles. The molecule has 9 heteroatoms. The molecule has 3 aromatic rings. The van der Waals surface area contributed by atoms with Gasteiger partial charge in [0, 0.05) is 35.4 Å². The van der Waals surface area contributed by atoms with E-state index in [2.05, 4.69) is 5.10 Å². The molecule has 6 rings (SSSR count). The topological polar surface area (TPSA) is 111 Å². The first-order valence-electron chi connectivity index (χ1n) is 11.8. The third kappa shape index (κ3) is 3.30. The van der Waals surface area contributed by atoms with E-state index in [4.69, 9.17) is 10.5 Å². The van der Waals surface area contributed by atoms with Gasteiger partial charge in [0.15, 0.2) is 5.69 Å². The Hall–Kier alpha value is -4.14. The first-order chi connectivity index (χ1) is 17.0. The van der Waals surface area contributed by atoms with Crippen LogP contribution in [0.5, 0.6) is 5.75 Å². The summed E-state index contributed by atoms with van der Waals surface area (Å²) < 4.78 is 6.71. The maximum Gasteiger partial charge on any atom is 0.277 e. The molecule has 2 fully saturated rings. The molecule has 0 spiro atoms. The molecule has 2 N–H and O–H groups in total. The molecule has 3 heterocycles. The number of primary amides is 1. The van der Waals surface area contributed by atoms with Gasteiger partial charge in [0.1, 0.15) is 11.4 Å². The van der Waals surface area contributed by atoms with Gasteiger partial charge in [-0.15, -0.1) is 0 Å². The summed E-state index contributed by atoms with van der Waals surface area (Å²) >= 11 is 0. The number of benzene rings is 2. The number of carbonyl (C=O) groups is 3. The Labute approximate surface area is 202 Å². The molecule has 1 saturated carbocycles. The van der Waals surface area contributed by atoms with Crippen LogP contribution in [0.2, 0.25) is 0 Å². The van der Waals surface area contributed by atoms with Crippen molar-refractivity contribution in [3.8, 4) is 11.4 Å². The molecular weight excluding hydrogens is 446 g/mol. The Kier molecular flexibility index (Phi) is 4.87. The van der Waals surface area contributed by atoms with Crippen molar-refractivity contribution in [2.45, 2.75) is 31.7 Å². The summed E-state index contributed by atoms with van der Waals surface area (Å²) in [7, 11) is 1.58. The number of aromatic nitrogens is 2. The van der Waals surface area contributed by atoms with E-state index in [0.29, 0.717) is 35.7 Å². The highest BCUT2D eigenvalue weighted by Crippen LogP contribution is 2.41. The highest BCUT2D eigenvalue weighted by Gasteiger charge is 2.45.